The summed E-state index contributed by atoms with van der Waals surface area (Å²) in [7, 11) is 0. The van der Waals surface area contributed by atoms with Crippen LogP contribution in [0, 0.1) is 0 Å². The first kappa shape index (κ1) is 14.9. The van der Waals surface area contributed by atoms with E-state index in [0.717, 1.165) is 43.6 Å². The zero-order valence-corrected chi connectivity index (χ0v) is 13.5. The Hall–Kier alpha value is -1.70. The monoisotopic (exact) mass is 333 g/mol. The molecule has 122 valence electrons. The zero-order chi connectivity index (χ0) is 16.1. The van der Waals surface area contributed by atoms with E-state index in [1.54, 1.807) is 12.3 Å². The minimum atomic E-state index is -2.27. The molecule has 1 aliphatic heterocycles. The van der Waals surface area contributed by atoms with Crippen LogP contribution < -0.4 is 16.1 Å². The number of rotatable bonds is 3. The van der Waals surface area contributed by atoms with Crippen molar-refractivity contribution >= 4 is 27.7 Å². The maximum absolute atomic E-state index is 12.4. The minimum absolute atomic E-state index is 0.0413. The highest BCUT2D eigenvalue weighted by Crippen LogP contribution is 2.38. The summed E-state index contributed by atoms with van der Waals surface area (Å²) in [6.45, 7) is 1.73. The van der Waals surface area contributed by atoms with Gasteiger partial charge in [0.25, 0.3) is 0 Å². The van der Waals surface area contributed by atoms with Crippen molar-refractivity contribution in [2.75, 3.05) is 18.0 Å². The van der Waals surface area contributed by atoms with E-state index in [2.05, 4.69) is 4.90 Å². The van der Waals surface area contributed by atoms with Crippen LogP contribution in [-0.2, 0) is 11.1 Å². The predicted octanol–water partition coefficient (Wildman–Crippen LogP) is 1.45. The highest BCUT2D eigenvalue weighted by molar-refractivity contribution is 7.79. The molecule has 2 aliphatic rings. The summed E-state index contributed by atoms with van der Waals surface area (Å²) >= 11 is -2.27. The fourth-order valence-electron chi connectivity index (χ4n) is 3.31. The summed E-state index contributed by atoms with van der Waals surface area (Å²) in [6.07, 6.45) is 4.59. The first-order valence-electron chi connectivity index (χ1n) is 7.85. The fourth-order valence-corrected chi connectivity index (χ4v) is 3.78. The molecule has 0 radical (unpaired) electrons. The zero-order valence-electron chi connectivity index (χ0n) is 12.6. The SMILES string of the molecule is NC1CCN(c2ccc3c(=O)c(S(=O)O)cn(C4CC4)c3c2)C1. The normalized spacial score (nSPS) is 22.7. The molecule has 1 saturated heterocycles. The molecule has 1 aliphatic carbocycles. The Morgan fingerprint density at radius 2 is 2.04 bits per heavy atom. The summed E-state index contributed by atoms with van der Waals surface area (Å²) in [6, 6.07) is 6.19. The molecule has 4 rings (SSSR count). The molecule has 2 heterocycles. The van der Waals surface area contributed by atoms with Gasteiger partial charge in [-0.05, 0) is 37.5 Å². The van der Waals surface area contributed by atoms with Gasteiger partial charge in [0, 0.05) is 42.4 Å². The van der Waals surface area contributed by atoms with Crippen molar-refractivity contribution in [2.45, 2.75) is 36.2 Å². The molecule has 1 saturated carbocycles. The molecule has 2 atom stereocenters. The Labute approximate surface area is 136 Å². The summed E-state index contributed by atoms with van der Waals surface area (Å²) in [5, 5.41) is 0.504. The third kappa shape index (κ3) is 2.58. The van der Waals surface area contributed by atoms with Crippen LogP contribution in [0.3, 0.4) is 0 Å². The number of hydrogen-bond acceptors (Lipinski definition) is 4. The molecule has 0 amide bonds. The van der Waals surface area contributed by atoms with Gasteiger partial charge >= 0.3 is 0 Å². The average molecular weight is 333 g/mol. The number of benzene rings is 1. The number of pyridine rings is 1. The van der Waals surface area contributed by atoms with Crippen LogP contribution in [0.1, 0.15) is 25.3 Å². The van der Waals surface area contributed by atoms with Gasteiger partial charge in [0.15, 0.2) is 11.1 Å². The van der Waals surface area contributed by atoms with E-state index in [-0.39, 0.29) is 16.4 Å². The van der Waals surface area contributed by atoms with Crippen molar-refractivity contribution in [3.63, 3.8) is 0 Å². The van der Waals surface area contributed by atoms with E-state index in [0.29, 0.717) is 11.4 Å². The first-order chi connectivity index (χ1) is 11.0. The van der Waals surface area contributed by atoms with E-state index >= 15 is 0 Å². The second kappa shape index (κ2) is 5.43. The highest BCUT2D eigenvalue weighted by atomic mass is 32.2. The van der Waals surface area contributed by atoms with E-state index in [1.807, 2.05) is 16.7 Å². The quantitative estimate of drug-likeness (QED) is 0.830. The Bertz CT molecular complexity index is 860. The van der Waals surface area contributed by atoms with E-state index in [1.165, 1.54) is 0 Å². The second-order valence-corrected chi connectivity index (χ2v) is 7.34. The lowest BCUT2D eigenvalue weighted by Gasteiger charge is -2.20. The second-order valence-electron chi connectivity index (χ2n) is 6.41. The van der Waals surface area contributed by atoms with Crippen molar-refractivity contribution in [3.05, 3.63) is 34.6 Å². The molecule has 2 unspecified atom stereocenters. The molecule has 6 nitrogen and oxygen atoms in total. The van der Waals surface area contributed by atoms with Gasteiger partial charge in [-0.25, -0.2) is 4.21 Å². The Kier molecular flexibility index (Phi) is 3.51. The van der Waals surface area contributed by atoms with Crippen LogP contribution in [0.5, 0.6) is 0 Å². The lowest BCUT2D eigenvalue weighted by molar-refractivity contribution is 0.562. The first-order valence-corrected chi connectivity index (χ1v) is 8.95. The molecule has 7 heteroatoms. The van der Waals surface area contributed by atoms with Gasteiger partial charge in [0.05, 0.1) is 5.52 Å². The van der Waals surface area contributed by atoms with Crippen LogP contribution in [0.4, 0.5) is 5.69 Å². The number of nitrogens with two attached hydrogens (primary N) is 1. The van der Waals surface area contributed by atoms with Crippen molar-refractivity contribution < 1.29 is 8.76 Å². The fraction of sp³-hybridized carbons (Fsp3) is 0.438. The van der Waals surface area contributed by atoms with Crippen molar-refractivity contribution in [3.8, 4) is 0 Å². The standard InChI is InChI=1S/C16H19N3O3S/c17-10-5-6-18(8-10)12-3-4-13-14(7-12)19(11-1-2-11)9-15(16(13)20)23(21)22/h3-4,7,9-11H,1-2,5-6,8,17H2,(H,21,22). The number of aromatic nitrogens is 1. The lowest BCUT2D eigenvalue weighted by atomic mass is 10.1. The number of nitrogens with zero attached hydrogens (tertiary/aromatic N) is 2. The highest BCUT2D eigenvalue weighted by Gasteiger charge is 2.27. The molecular formula is C16H19N3O3S. The summed E-state index contributed by atoms with van der Waals surface area (Å²) < 4.78 is 22.8. The van der Waals surface area contributed by atoms with Gasteiger partial charge < -0.3 is 19.8 Å². The molecule has 0 bridgehead atoms. The average Bonchev–Trinajstić information content (AvgIpc) is 3.28. The predicted molar refractivity (Wildman–Crippen MR) is 90.3 cm³/mol. The van der Waals surface area contributed by atoms with E-state index in [9.17, 15) is 13.6 Å². The Morgan fingerprint density at radius 1 is 1.26 bits per heavy atom. The largest absolute Gasteiger partial charge is 0.370 e. The van der Waals surface area contributed by atoms with Gasteiger partial charge in [-0.1, -0.05) is 0 Å². The molecule has 2 fully saturated rings. The molecule has 2 aromatic rings. The summed E-state index contributed by atoms with van der Waals surface area (Å²) in [5.74, 6) is 0. The Morgan fingerprint density at radius 3 is 2.65 bits per heavy atom. The topological polar surface area (TPSA) is 88.6 Å². The third-order valence-corrected chi connectivity index (χ3v) is 5.37. The van der Waals surface area contributed by atoms with Crippen molar-refractivity contribution in [1.82, 2.24) is 4.57 Å². The Balaban J connectivity index is 1.90. The van der Waals surface area contributed by atoms with Gasteiger partial charge in [0.1, 0.15) is 4.90 Å². The van der Waals surface area contributed by atoms with Gasteiger partial charge in [-0.2, -0.15) is 0 Å². The van der Waals surface area contributed by atoms with Crippen LogP contribution in [0.25, 0.3) is 10.9 Å². The molecule has 3 N–H and O–H groups in total. The van der Waals surface area contributed by atoms with Crippen molar-refractivity contribution in [2.24, 2.45) is 5.73 Å². The van der Waals surface area contributed by atoms with Gasteiger partial charge in [-0.3, -0.25) is 4.79 Å². The van der Waals surface area contributed by atoms with E-state index in [4.69, 9.17) is 5.73 Å². The third-order valence-electron chi connectivity index (χ3n) is 4.70. The van der Waals surface area contributed by atoms with Gasteiger partial charge in [0.2, 0.25) is 5.43 Å². The van der Waals surface area contributed by atoms with Crippen LogP contribution >= 0.6 is 0 Å². The lowest BCUT2D eigenvalue weighted by Crippen LogP contribution is -2.26. The minimum Gasteiger partial charge on any atom is -0.370 e. The maximum atomic E-state index is 12.4. The molecule has 0 spiro atoms. The molecule has 1 aromatic carbocycles. The van der Waals surface area contributed by atoms with E-state index < -0.39 is 11.1 Å². The van der Waals surface area contributed by atoms with Gasteiger partial charge in [-0.15, -0.1) is 0 Å². The number of anilines is 1. The molecular weight excluding hydrogens is 314 g/mol. The van der Waals surface area contributed by atoms with Crippen LogP contribution in [0.15, 0.2) is 34.1 Å². The summed E-state index contributed by atoms with van der Waals surface area (Å²) in [5.41, 5.74) is 7.51. The number of hydrogen-bond donors (Lipinski definition) is 2. The molecule has 23 heavy (non-hydrogen) atoms. The van der Waals surface area contributed by atoms with Crippen molar-refractivity contribution in [1.29, 1.82) is 0 Å². The van der Waals surface area contributed by atoms with Crippen LogP contribution in [-0.4, -0.2) is 32.5 Å². The van der Waals surface area contributed by atoms with Crippen LogP contribution in [0.2, 0.25) is 0 Å². The number of fused-ring (bicyclic) bond motifs is 1. The molecule has 1 aromatic heterocycles. The maximum Gasteiger partial charge on any atom is 0.207 e. The summed E-state index contributed by atoms with van der Waals surface area (Å²) in [4.78, 5) is 14.6. The smallest absolute Gasteiger partial charge is 0.207 e.